The number of halogens is 1. The highest BCUT2D eigenvalue weighted by Gasteiger charge is 2.04. The maximum absolute atomic E-state index is 10.5. The summed E-state index contributed by atoms with van der Waals surface area (Å²) in [6.07, 6.45) is 1.05. The van der Waals surface area contributed by atoms with E-state index in [1.165, 1.54) is 0 Å². The minimum Gasteiger partial charge on any atom is -0.389 e. The first-order chi connectivity index (χ1) is 8.00. The van der Waals surface area contributed by atoms with E-state index in [4.69, 9.17) is 35.3 Å². The van der Waals surface area contributed by atoms with Crippen LogP contribution in [0.5, 0.6) is 0 Å². The van der Waals surface area contributed by atoms with Crippen LogP contribution in [0.2, 0.25) is 5.02 Å². The number of rotatable bonds is 6. The second-order valence-electron chi connectivity index (χ2n) is 3.56. The molecule has 0 aliphatic heterocycles. The molecule has 0 saturated carbocycles. The van der Waals surface area contributed by atoms with Gasteiger partial charge in [0, 0.05) is 24.2 Å². The number of nitrogens with two attached hydrogens (primary N) is 2. The fourth-order valence-electron chi connectivity index (χ4n) is 1.32. The predicted molar refractivity (Wildman–Crippen MR) is 74.3 cm³/mol. The molecule has 0 spiro atoms. The summed E-state index contributed by atoms with van der Waals surface area (Å²) in [6, 6.07) is 5.35. The predicted octanol–water partition coefficient (Wildman–Crippen LogP) is 1.65. The Morgan fingerprint density at radius 3 is 2.65 bits per heavy atom. The topological polar surface area (TPSA) is 81.1 Å². The van der Waals surface area contributed by atoms with Crippen LogP contribution in [0.3, 0.4) is 0 Å². The molecule has 92 valence electrons. The van der Waals surface area contributed by atoms with Gasteiger partial charge in [-0.05, 0) is 24.6 Å². The van der Waals surface area contributed by atoms with Gasteiger partial charge in [-0.25, -0.2) is 0 Å². The van der Waals surface area contributed by atoms with Crippen molar-refractivity contribution in [3.8, 4) is 0 Å². The highest BCUT2D eigenvalue weighted by Crippen LogP contribution is 2.20. The first-order valence-electron chi connectivity index (χ1n) is 5.12. The number of thiocarbonyl (C=S) groups is 1. The minimum atomic E-state index is -0.298. The van der Waals surface area contributed by atoms with Crippen molar-refractivity contribution in [2.24, 2.45) is 11.5 Å². The Balaban J connectivity index is 2.53. The summed E-state index contributed by atoms with van der Waals surface area (Å²) in [6.45, 7) is 0.658. The van der Waals surface area contributed by atoms with E-state index in [1.807, 2.05) is 6.07 Å². The minimum absolute atomic E-state index is 0.273. The van der Waals surface area contributed by atoms with Gasteiger partial charge in [0.1, 0.15) is 4.99 Å². The molecule has 1 amide bonds. The SMILES string of the molecule is NC(=O)CCCNc1ccc(C(N)=S)c(Cl)c1. The van der Waals surface area contributed by atoms with Gasteiger partial charge in [-0.1, -0.05) is 23.8 Å². The fraction of sp³-hybridized carbons (Fsp3) is 0.273. The third kappa shape index (κ3) is 4.58. The number of primary amides is 1. The zero-order valence-corrected chi connectivity index (χ0v) is 10.8. The van der Waals surface area contributed by atoms with Gasteiger partial charge in [0.15, 0.2) is 0 Å². The summed E-state index contributed by atoms with van der Waals surface area (Å²) in [5.74, 6) is -0.298. The van der Waals surface area contributed by atoms with Gasteiger partial charge < -0.3 is 16.8 Å². The molecule has 0 unspecified atom stereocenters. The number of hydrogen-bond donors (Lipinski definition) is 3. The van der Waals surface area contributed by atoms with Gasteiger partial charge in [-0.2, -0.15) is 0 Å². The Morgan fingerprint density at radius 2 is 2.12 bits per heavy atom. The fourth-order valence-corrected chi connectivity index (χ4v) is 1.84. The highest BCUT2D eigenvalue weighted by molar-refractivity contribution is 7.80. The molecule has 0 radical (unpaired) electrons. The zero-order valence-electron chi connectivity index (χ0n) is 9.20. The van der Waals surface area contributed by atoms with Crippen molar-refractivity contribution in [2.75, 3.05) is 11.9 Å². The third-order valence-corrected chi connectivity index (χ3v) is 2.70. The molecule has 4 nitrogen and oxygen atoms in total. The van der Waals surface area contributed by atoms with Crippen molar-refractivity contribution < 1.29 is 4.79 Å². The van der Waals surface area contributed by atoms with Crippen molar-refractivity contribution in [3.05, 3.63) is 28.8 Å². The summed E-state index contributed by atoms with van der Waals surface area (Å²) < 4.78 is 0. The van der Waals surface area contributed by atoms with Crippen LogP contribution in [-0.2, 0) is 4.79 Å². The lowest BCUT2D eigenvalue weighted by Gasteiger charge is -2.08. The molecule has 0 aromatic heterocycles. The van der Waals surface area contributed by atoms with Gasteiger partial charge >= 0.3 is 0 Å². The van der Waals surface area contributed by atoms with E-state index in [1.54, 1.807) is 12.1 Å². The van der Waals surface area contributed by atoms with Crippen molar-refractivity contribution in [1.29, 1.82) is 0 Å². The van der Waals surface area contributed by atoms with E-state index in [0.29, 0.717) is 30.0 Å². The van der Waals surface area contributed by atoms with Crippen LogP contribution < -0.4 is 16.8 Å². The van der Waals surface area contributed by atoms with Crippen LogP contribution in [0.25, 0.3) is 0 Å². The molecule has 1 rings (SSSR count). The van der Waals surface area contributed by atoms with Gasteiger partial charge in [0.2, 0.25) is 5.91 Å². The van der Waals surface area contributed by atoms with Crippen molar-refractivity contribution in [3.63, 3.8) is 0 Å². The van der Waals surface area contributed by atoms with Crippen molar-refractivity contribution in [1.82, 2.24) is 0 Å². The van der Waals surface area contributed by atoms with Crippen LogP contribution >= 0.6 is 23.8 Å². The van der Waals surface area contributed by atoms with E-state index < -0.39 is 0 Å². The lowest BCUT2D eigenvalue weighted by Crippen LogP contribution is -2.13. The number of anilines is 1. The summed E-state index contributed by atoms with van der Waals surface area (Å²) in [4.78, 5) is 10.8. The van der Waals surface area contributed by atoms with Crippen molar-refractivity contribution in [2.45, 2.75) is 12.8 Å². The molecule has 0 saturated heterocycles. The maximum atomic E-state index is 10.5. The zero-order chi connectivity index (χ0) is 12.8. The van der Waals surface area contributed by atoms with Crippen LogP contribution in [0, 0.1) is 0 Å². The number of nitrogens with one attached hydrogen (secondary N) is 1. The largest absolute Gasteiger partial charge is 0.389 e. The Labute approximate surface area is 110 Å². The Kier molecular flexibility index (Phi) is 5.18. The molecule has 1 aromatic rings. The molecular formula is C11H14ClN3OS. The smallest absolute Gasteiger partial charge is 0.217 e. The third-order valence-electron chi connectivity index (χ3n) is 2.16. The number of benzene rings is 1. The average molecular weight is 272 g/mol. The van der Waals surface area contributed by atoms with E-state index in [-0.39, 0.29) is 10.9 Å². The molecule has 0 bridgehead atoms. The molecular weight excluding hydrogens is 258 g/mol. The van der Waals surface area contributed by atoms with Gasteiger partial charge in [-0.15, -0.1) is 0 Å². The van der Waals surface area contributed by atoms with Crippen molar-refractivity contribution >= 4 is 40.4 Å². The first kappa shape index (κ1) is 13.7. The average Bonchev–Trinajstić information content (AvgIpc) is 2.23. The molecule has 6 heteroatoms. The molecule has 0 atom stereocenters. The molecule has 1 aromatic carbocycles. The summed E-state index contributed by atoms with van der Waals surface area (Å²) in [5.41, 5.74) is 12.0. The first-order valence-corrected chi connectivity index (χ1v) is 5.91. The molecule has 17 heavy (non-hydrogen) atoms. The van der Waals surface area contributed by atoms with Crippen LogP contribution in [0.15, 0.2) is 18.2 Å². The lowest BCUT2D eigenvalue weighted by atomic mass is 10.2. The Morgan fingerprint density at radius 1 is 1.41 bits per heavy atom. The van der Waals surface area contributed by atoms with Gasteiger partial charge in [0.25, 0.3) is 0 Å². The molecule has 0 aliphatic carbocycles. The van der Waals surface area contributed by atoms with E-state index in [2.05, 4.69) is 5.32 Å². The quantitative estimate of drug-likeness (QED) is 0.543. The molecule has 0 fully saturated rings. The molecule has 0 aliphatic rings. The van der Waals surface area contributed by atoms with Gasteiger partial charge in [-0.3, -0.25) is 4.79 Å². The van der Waals surface area contributed by atoms with E-state index in [9.17, 15) is 4.79 Å². The standard InChI is InChI=1S/C11H14ClN3OS/c12-9-6-7(3-4-8(9)11(14)17)15-5-1-2-10(13)16/h3-4,6,15H,1-2,5H2,(H2,13,16)(H2,14,17). The van der Waals surface area contributed by atoms with Crippen LogP contribution in [-0.4, -0.2) is 17.4 Å². The second kappa shape index (κ2) is 6.42. The molecule has 0 heterocycles. The van der Waals surface area contributed by atoms with E-state index in [0.717, 1.165) is 5.69 Å². The normalized spacial score (nSPS) is 9.94. The van der Waals surface area contributed by atoms with Gasteiger partial charge in [0.05, 0.1) is 5.02 Å². The monoisotopic (exact) mass is 271 g/mol. The highest BCUT2D eigenvalue weighted by atomic mass is 35.5. The number of carbonyl (C=O) groups is 1. The van der Waals surface area contributed by atoms with Crippen LogP contribution in [0.4, 0.5) is 5.69 Å². The number of amides is 1. The summed E-state index contributed by atoms with van der Waals surface area (Å²) >= 11 is 10.9. The Hall–Kier alpha value is -1.33. The second-order valence-corrected chi connectivity index (χ2v) is 4.40. The maximum Gasteiger partial charge on any atom is 0.217 e. The number of carbonyl (C=O) groups excluding carboxylic acids is 1. The molecule has 5 N–H and O–H groups in total. The summed E-state index contributed by atoms with van der Waals surface area (Å²) in [5, 5.41) is 3.64. The van der Waals surface area contributed by atoms with E-state index >= 15 is 0 Å². The Bertz CT molecular complexity index is 437. The summed E-state index contributed by atoms with van der Waals surface area (Å²) in [7, 11) is 0. The lowest BCUT2D eigenvalue weighted by molar-refractivity contribution is -0.118. The number of hydrogen-bond acceptors (Lipinski definition) is 3. The van der Waals surface area contributed by atoms with Crippen LogP contribution in [0.1, 0.15) is 18.4 Å².